The number of carbonyl (C=O) groups excluding carboxylic acids is 1. The molecule has 0 atom stereocenters. The maximum atomic E-state index is 11.9. The Morgan fingerprint density at radius 1 is 1.35 bits per heavy atom. The summed E-state index contributed by atoms with van der Waals surface area (Å²) in [6.45, 7) is -2.07. The first kappa shape index (κ1) is 18.9. The predicted octanol–water partition coefficient (Wildman–Crippen LogP) is 2.39. The predicted molar refractivity (Wildman–Crippen MR) is 77.2 cm³/mol. The van der Waals surface area contributed by atoms with Gasteiger partial charge in [0.25, 0.3) is 5.91 Å². The molecule has 0 saturated carbocycles. The molecule has 0 bridgehead atoms. The highest BCUT2D eigenvalue weighted by Gasteiger charge is 2.27. The average molecular weight is 355 g/mol. The fourth-order valence-electron chi connectivity index (χ4n) is 1.46. The first-order valence-corrected chi connectivity index (χ1v) is 6.55. The Labute approximate surface area is 135 Å². The van der Waals surface area contributed by atoms with E-state index in [1.54, 1.807) is 11.4 Å². The molecular formula is C13H14ClF3N2O4. The third kappa shape index (κ3) is 6.64. The lowest BCUT2D eigenvalue weighted by atomic mass is 10.2. The van der Waals surface area contributed by atoms with Crippen molar-refractivity contribution >= 4 is 23.7 Å². The van der Waals surface area contributed by atoms with Crippen LogP contribution in [-0.2, 0) is 9.63 Å². The second kappa shape index (κ2) is 8.47. The van der Waals surface area contributed by atoms with E-state index >= 15 is 0 Å². The van der Waals surface area contributed by atoms with Crippen molar-refractivity contribution in [3.05, 3.63) is 22.7 Å². The molecule has 1 aromatic rings. The van der Waals surface area contributed by atoms with Crippen molar-refractivity contribution in [1.29, 1.82) is 0 Å². The number of nitrogens with one attached hydrogen (secondary N) is 1. The van der Waals surface area contributed by atoms with Gasteiger partial charge in [0.2, 0.25) is 0 Å². The van der Waals surface area contributed by atoms with E-state index in [2.05, 4.69) is 9.99 Å². The second-order valence-corrected chi connectivity index (χ2v) is 4.55. The molecule has 0 unspecified atom stereocenters. The van der Waals surface area contributed by atoms with Crippen molar-refractivity contribution in [1.82, 2.24) is 5.32 Å². The molecule has 0 aliphatic rings. The number of amides is 1. The Bertz CT molecular complexity index is 579. The van der Waals surface area contributed by atoms with Crippen molar-refractivity contribution < 1.29 is 32.3 Å². The summed E-state index contributed by atoms with van der Waals surface area (Å²) in [7, 11) is 2.86. The van der Waals surface area contributed by atoms with Gasteiger partial charge in [-0.2, -0.15) is 13.2 Å². The maximum Gasteiger partial charge on any atom is 0.405 e. The molecule has 0 aliphatic heterocycles. The number of benzene rings is 1. The number of oxime groups is 1. The molecule has 0 aromatic heterocycles. The van der Waals surface area contributed by atoms with E-state index in [0.717, 1.165) is 0 Å². The van der Waals surface area contributed by atoms with Crippen LogP contribution in [0.3, 0.4) is 0 Å². The smallest absolute Gasteiger partial charge is 0.405 e. The summed E-state index contributed by atoms with van der Waals surface area (Å²) < 4.78 is 45.8. The SMILES string of the molecule is COc1cc(/C=N\OCC(=O)NCC(F)(F)F)cc(Cl)c1OC. The highest BCUT2D eigenvalue weighted by Crippen LogP contribution is 2.35. The zero-order chi connectivity index (χ0) is 17.5. The number of halogens is 4. The first-order valence-electron chi connectivity index (χ1n) is 6.17. The molecule has 1 rings (SSSR count). The number of hydrogen-bond acceptors (Lipinski definition) is 5. The summed E-state index contributed by atoms with van der Waals surface area (Å²) in [5.41, 5.74) is 0.489. The summed E-state index contributed by atoms with van der Waals surface area (Å²) >= 11 is 5.98. The van der Waals surface area contributed by atoms with Gasteiger partial charge in [-0.25, -0.2) is 0 Å². The van der Waals surface area contributed by atoms with E-state index < -0.39 is 25.2 Å². The van der Waals surface area contributed by atoms with Crippen LogP contribution in [0.4, 0.5) is 13.2 Å². The quantitative estimate of drug-likeness (QED) is 0.603. The van der Waals surface area contributed by atoms with Gasteiger partial charge in [-0.15, -0.1) is 0 Å². The molecule has 10 heteroatoms. The van der Waals surface area contributed by atoms with Crippen molar-refractivity contribution in [2.24, 2.45) is 5.16 Å². The minimum Gasteiger partial charge on any atom is -0.493 e. The van der Waals surface area contributed by atoms with Crippen LogP contribution in [0.5, 0.6) is 11.5 Å². The zero-order valence-corrected chi connectivity index (χ0v) is 13.0. The van der Waals surface area contributed by atoms with Gasteiger partial charge >= 0.3 is 6.18 Å². The standard InChI is InChI=1S/C13H14ClF3N2O4/c1-21-10-4-8(3-9(14)12(10)22-2)5-19-23-6-11(20)18-7-13(15,16)17/h3-5H,6-7H2,1-2H3,(H,18,20)/b19-5-. The molecule has 1 amide bonds. The molecule has 0 saturated heterocycles. The van der Waals surface area contributed by atoms with E-state index in [0.29, 0.717) is 17.1 Å². The Balaban J connectivity index is 2.55. The topological polar surface area (TPSA) is 69.2 Å². The van der Waals surface area contributed by atoms with Gasteiger partial charge in [0.05, 0.1) is 25.5 Å². The van der Waals surface area contributed by atoms with E-state index in [-0.39, 0.29) is 5.02 Å². The largest absolute Gasteiger partial charge is 0.493 e. The minimum absolute atomic E-state index is 0.274. The molecule has 1 N–H and O–H groups in total. The number of hydrogen-bond donors (Lipinski definition) is 1. The van der Waals surface area contributed by atoms with Gasteiger partial charge in [0.1, 0.15) is 6.54 Å². The summed E-state index contributed by atoms with van der Waals surface area (Å²) in [6.07, 6.45) is -3.25. The normalized spacial score (nSPS) is 11.4. The van der Waals surface area contributed by atoms with Gasteiger partial charge < -0.3 is 19.6 Å². The van der Waals surface area contributed by atoms with Crippen LogP contribution in [0, 0.1) is 0 Å². The average Bonchev–Trinajstić information content (AvgIpc) is 2.48. The Morgan fingerprint density at radius 2 is 2.04 bits per heavy atom. The van der Waals surface area contributed by atoms with Gasteiger partial charge in [0.15, 0.2) is 18.1 Å². The zero-order valence-electron chi connectivity index (χ0n) is 12.2. The maximum absolute atomic E-state index is 11.9. The number of nitrogens with zero attached hydrogens (tertiary/aromatic N) is 1. The fraction of sp³-hybridized carbons (Fsp3) is 0.385. The molecule has 23 heavy (non-hydrogen) atoms. The second-order valence-electron chi connectivity index (χ2n) is 4.14. The summed E-state index contributed by atoms with van der Waals surface area (Å²) in [6, 6.07) is 3.07. The molecule has 0 spiro atoms. The van der Waals surface area contributed by atoms with E-state index in [4.69, 9.17) is 21.1 Å². The van der Waals surface area contributed by atoms with Crippen LogP contribution in [-0.4, -0.2) is 45.7 Å². The van der Waals surface area contributed by atoms with Crippen LogP contribution in [0.25, 0.3) is 0 Å². The van der Waals surface area contributed by atoms with Crippen LogP contribution < -0.4 is 14.8 Å². The molecule has 0 radical (unpaired) electrons. The molecule has 1 aromatic carbocycles. The number of carbonyl (C=O) groups is 1. The summed E-state index contributed by atoms with van der Waals surface area (Å²) in [5, 5.41) is 5.39. The van der Waals surface area contributed by atoms with Crippen LogP contribution in [0.2, 0.25) is 5.02 Å². The number of alkyl halides is 3. The van der Waals surface area contributed by atoms with E-state index in [1.807, 2.05) is 0 Å². The Kier molecular flexibility index (Phi) is 6.95. The van der Waals surface area contributed by atoms with Crippen LogP contribution >= 0.6 is 11.6 Å². The van der Waals surface area contributed by atoms with Crippen molar-refractivity contribution in [3.8, 4) is 11.5 Å². The van der Waals surface area contributed by atoms with Gasteiger partial charge in [-0.3, -0.25) is 4.79 Å². The first-order chi connectivity index (χ1) is 10.8. The minimum atomic E-state index is -4.48. The molecule has 0 heterocycles. The molecule has 128 valence electrons. The lowest BCUT2D eigenvalue weighted by Gasteiger charge is -2.10. The van der Waals surface area contributed by atoms with Crippen molar-refractivity contribution in [2.45, 2.75) is 6.18 Å². The lowest BCUT2D eigenvalue weighted by molar-refractivity contribution is -0.141. The third-order valence-electron chi connectivity index (χ3n) is 2.41. The Hall–Kier alpha value is -2.16. The number of rotatable bonds is 7. The molecule has 0 aliphatic carbocycles. The summed E-state index contributed by atoms with van der Waals surface area (Å²) in [4.78, 5) is 15.7. The van der Waals surface area contributed by atoms with Crippen LogP contribution in [0.15, 0.2) is 17.3 Å². The third-order valence-corrected chi connectivity index (χ3v) is 2.69. The van der Waals surface area contributed by atoms with Crippen molar-refractivity contribution in [3.63, 3.8) is 0 Å². The highest BCUT2D eigenvalue weighted by molar-refractivity contribution is 6.32. The van der Waals surface area contributed by atoms with Gasteiger partial charge in [-0.05, 0) is 12.1 Å². The fourth-order valence-corrected chi connectivity index (χ4v) is 1.75. The van der Waals surface area contributed by atoms with E-state index in [1.165, 1.54) is 26.5 Å². The van der Waals surface area contributed by atoms with E-state index in [9.17, 15) is 18.0 Å². The number of methoxy groups -OCH3 is 2. The molecule has 0 fully saturated rings. The lowest BCUT2D eigenvalue weighted by Crippen LogP contribution is -2.35. The summed E-state index contributed by atoms with van der Waals surface area (Å²) in [5.74, 6) is -0.229. The Morgan fingerprint density at radius 3 is 2.61 bits per heavy atom. The molecular weight excluding hydrogens is 341 g/mol. The van der Waals surface area contributed by atoms with Gasteiger partial charge in [-0.1, -0.05) is 16.8 Å². The van der Waals surface area contributed by atoms with Crippen molar-refractivity contribution in [2.75, 3.05) is 27.4 Å². The number of ether oxygens (including phenoxy) is 2. The molecule has 6 nitrogen and oxygen atoms in total. The van der Waals surface area contributed by atoms with Crippen LogP contribution in [0.1, 0.15) is 5.56 Å². The van der Waals surface area contributed by atoms with Gasteiger partial charge in [0, 0.05) is 5.56 Å². The monoisotopic (exact) mass is 354 g/mol. The highest BCUT2D eigenvalue weighted by atomic mass is 35.5.